The lowest BCUT2D eigenvalue weighted by Gasteiger charge is -2.33. The number of aryl methyl sites for hydroxylation is 1. The zero-order chi connectivity index (χ0) is 14.5. The average Bonchev–Trinajstić information content (AvgIpc) is 2.49. The van der Waals surface area contributed by atoms with Crippen LogP contribution in [0.2, 0.25) is 0 Å². The predicted molar refractivity (Wildman–Crippen MR) is 80.6 cm³/mol. The second-order valence-electron chi connectivity index (χ2n) is 5.28. The molecule has 1 aromatic rings. The molecule has 1 aromatic carbocycles. The fraction of sp³-hybridized carbons (Fsp3) is 0.562. The first kappa shape index (κ1) is 15.0. The summed E-state index contributed by atoms with van der Waals surface area (Å²) in [6.45, 7) is 7.84. The Labute approximate surface area is 121 Å². The van der Waals surface area contributed by atoms with Crippen molar-refractivity contribution < 1.29 is 9.53 Å². The molecule has 0 saturated carbocycles. The summed E-state index contributed by atoms with van der Waals surface area (Å²) < 4.78 is 5.35. The molecule has 4 heteroatoms. The molecule has 0 bridgehead atoms. The molecule has 1 saturated heterocycles. The molecule has 110 valence electrons. The molecule has 1 unspecified atom stereocenters. The van der Waals surface area contributed by atoms with Crippen LogP contribution in [0, 0.1) is 6.92 Å². The fourth-order valence-electron chi connectivity index (χ4n) is 2.80. The maximum absolute atomic E-state index is 12.9. The summed E-state index contributed by atoms with van der Waals surface area (Å²) in [5, 5.41) is 3.33. The number of hydrogen-bond acceptors (Lipinski definition) is 4. The van der Waals surface area contributed by atoms with Gasteiger partial charge < -0.3 is 10.1 Å². The number of ketones is 1. The Morgan fingerprint density at radius 1 is 1.40 bits per heavy atom. The van der Waals surface area contributed by atoms with Crippen LogP contribution in [0.25, 0.3) is 0 Å². The number of Topliss-reactive ketones (excluding diaryl/α,β-unsaturated/α-hetero) is 1. The third kappa shape index (κ3) is 3.19. The SMILES string of the molecule is CCC(C(=O)c1cc(C)ccc1OC)N1CCNCC1. The van der Waals surface area contributed by atoms with Crippen molar-refractivity contribution in [1.29, 1.82) is 0 Å². The normalized spacial score (nSPS) is 17.8. The molecular weight excluding hydrogens is 252 g/mol. The molecule has 1 fully saturated rings. The largest absolute Gasteiger partial charge is 0.496 e. The first-order chi connectivity index (χ1) is 9.67. The molecule has 0 radical (unpaired) electrons. The van der Waals surface area contributed by atoms with E-state index in [2.05, 4.69) is 17.1 Å². The van der Waals surface area contributed by atoms with E-state index >= 15 is 0 Å². The number of hydrogen-bond donors (Lipinski definition) is 1. The Bertz CT molecular complexity index is 468. The van der Waals surface area contributed by atoms with Crippen molar-refractivity contribution in [2.45, 2.75) is 26.3 Å². The van der Waals surface area contributed by atoms with Crippen LogP contribution in [-0.4, -0.2) is 50.0 Å². The summed E-state index contributed by atoms with van der Waals surface area (Å²) in [4.78, 5) is 15.1. The molecule has 0 aliphatic carbocycles. The van der Waals surface area contributed by atoms with Crippen molar-refractivity contribution in [2.75, 3.05) is 33.3 Å². The van der Waals surface area contributed by atoms with E-state index in [9.17, 15) is 4.79 Å². The van der Waals surface area contributed by atoms with Crippen LogP contribution >= 0.6 is 0 Å². The predicted octanol–water partition coefficient (Wildman–Crippen LogP) is 1.87. The topological polar surface area (TPSA) is 41.6 Å². The Balaban J connectivity index is 2.25. The van der Waals surface area contributed by atoms with Gasteiger partial charge in [0.2, 0.25) is 0 Å². The summed E-state index contributed by atoms with van der Waals surface area (Å²) in [6.07, 6.45) is 0.829. The Hall–Kier alpha value is -1.39. The van der Waals surface area contributed by atoms with E-state index in [1.54, 1.807) is 7.11 Å². The standard InChI is InChI=1S/C16H24N2O2/c1-4-14(18-9-7-17-8-10-18)16(19)13-11-12(2)5-6-15(13)20-3/h5-6,11,14,17H,4,7-10H2,1-3H3. The molecule has 0 spiro atoms. The number of piperazine rings is 1. The molecule has 2 rings (SSSR count). The number of carbonyl (C=O) groups is 1. The van der Waals surface area contributed by atoms with E-state index in [-0.39, 0.29) is 11.8 Å². The van der Waals surface area contributed by atoms with Gasteiger partial charge >= 0.3 is 0 Å². The van der Waals surface area contributed by atoms with Gasteiger partial charge in [0.25, 0.3) is 0 Å². The van der Waals surface area contributed by atoms with Crippen LogP contribution in [0.3, 0.4) is 0 Å². The second kappa shape index (κ2) is 6.86. The van der Waals surface area contributed by atoms with E-state index in [4.69, 9.17) is 4.74 Å². The highest BCUT2D eigenvalue weighted by molar-refractivity contribution is 6.02. The summed E-state index contributed by atoms with van der Waals surface area (Å²) in [5.41, 5.74) is 1.79. The maximum atomic E-state index is 12.9. The van der Waals surface area contributed by atoms with E-state index in [0.717, 1.165) is 38.2 Å². The first-order valence-electron chi connectivity index (χ1n) is 7.31. The molecule has 0 amide bonds. The van der Waals surface area contributed by atoms with Crippen LogP contribution in [0.4, 0.5) is 0 Å². The number of methoxy groups -OCH3 is 1. The third-order valence-corrected chi connectivity index (χ3v) is 3.90. The van der Waals surface area contributed by atoms with E-state index in [0.29, 0.717) is 11.3 Å². The van der Waals surface area contributed by atoms with Crippen molar-refractivity contribution in [2.24, 2.45) is 0 Å². The van der Waals surface area contributed by atoms with Crippen molar-refractivity contribution in [3.05, 3.63) is 29.3 Å². The summed E-state index contributed by atoms with van der Waals surface area (Å²) in [6, 6.07) is 5.74. The highest BCUT2D eigenvalue weighted by Crippen LogP contribution is 2.23. The number of rotatable bonds is 5. The lowest BCUT2D eigenvalue weighted by molar-refractivity contribution is 0.0787. The molecule has 1 atom stereocenters. The lowest BCUT2D eigenvalue weighted by Crippen LogP contribution is -2.51. The smallest absolute Gasteiger partial charge is 0.183 e. The van der Waals surface area contributed by atoms with Gasteiger partial charge in [-0.15, -0.1) is 0 Å². The number of nitrogens with one attached hydrogen (secondary N) is 1. The van der Waals surface area contributed by atoms with Crippen LogP contribution in [0.15, 0.2) is 18.2 Å². The van der Waals surface area contributed by atoms with Gasteiger partial charge in [-0.1, -0.05) is 18.6 Å². The lowest BCUT2D eigenvalue weighted by atomic mass is 9.98. The molecule has 0 aromatic heterocycles. The van der Waals surface area contributed by atoms with E-state index in [1.807, 2.05) is 25.1 Å². The number of ether oxygens (including phenoxy) is 1. The van der Waals surface area contributed by atoms with Gasteiger partial charge in [0.1, 0.15) is 5.75 Å². The third-order valence-electron chi connectivity index (χ3n) is 3.90. The van der Waals surface area contributed by atoms with Crippen molar-refractivity contribution >= 4 is 5.78 Å². The molecule has 4 nitrogen and oxygen atoms in total. The van der Waals surface area contributed by atoms with E-state index < -0.39 is 0 Å². The number of carbonyl (C=O) groups excluding carboxylic acids is 1. The second-order valence-corrected chi connectivity index (χ2v) is 5.28. The quantitative estimate of drug-likeness (QED) is 0.834. The summed E-state index contributed by atoms with van der Waals surface area (Å²) >= 11 is 0. The molecular formula is C16H24N2O2. The highest BCUT2D eigenvalue weighted by Gasteiger charge is 2.28. The van der Waals surface area contributed by atoms with Gasteiger partial charge in [0.05, 0.1) is 18.7 Å². The van der Waals surface area contributed by atoms with Crippen molar-refractivity contribution in [3.63, 3.8) is 0 Å². The minimum Gasteiger partial charge on any atom is -0.496 e. The Kier molecular flexibility index (Phi) is 5.15. The molecule has 1 aliphatic heterocycles. The van der Waals surface area contributed by atoms with E-state index in [1.165, 1.54) is 0 Å². The number of benzene rings is 1. The molecule has 1 aliphatic rings. The van der Waals surface area contributed by atoms with Crippen LogP contribution < -0.4 is 10.1 Å². The average molecular weight is 276 g/mol. The maximum Gasteiger partial charge on any atom is 0.183 e. The molecule has 1 heterocycles. The van der Waals surface area contributed by atoms with Crippen molar-refractivity contribution in [3.8, 4) is 5.75 Å². The minimum atomic E-state index is -0.0483. The van der Waals surface area contributed by atoms with Crippen LogP contribution in [-0.2, 0) is 0 Å². The monoisotopic (exact) mass is 276 g/mol. The van der Waals surface area contributed by atoms with Crippen molar-refractivity contribution in [1.82, 2.24) is 10.2 Å². The van der Waals surface area contributed by atoms with Gasteiger partial charge in [-0.3, -0.25) is 9.69 Å². The molecule has 20 heavy (non-hydrogen) atoms. The Morgan fingerprint density at radius 2 is 2.10 bits per heavy atom. The first-order valence-corrected chi connectivity index (χ1v) is 7.31. The van der Waals surface area contributed by atoms with Gasteiger partial charge in [-0.2, -0.15) is 0 Å². The van der Waals surface area contributed by atoms with Crippen LogP contribution in [0.1, 0.15) is 29.3 Å². The highest BCUT2D eigenvalue weighted by atomic mass is 16.5. The van der Waals surface area contributed by atoms with Gasteiger partial charge in [0.15, 0.2) is 5.78 Å². The van der Waals surface area contributed by atoms with Crippen LogP contribution in [0.5, 0.6) is 5.75 Å². The van der Waals surface area contributed by atoms with Gasteiger partial charge in [-0.25, -0.2) is 0 Å². The Morgan fingerprint density at radius 3 is 2.70 bits per heavy atom. The molecule has 1 N–H and O–H groups in total. The zero-order valence-corrected chi connectivity index (χ0v) is 12.6. The van der Waals surface area contributed by atoms with Gasteiger partial charge in [-0.05, 0) is 25.5 Å². The number of nitrogens with zero attached hydrogens (tertiary/aromatic N) is 1. The zero-order valence-electron chi connectivity index (χ0n) is 12.6. The minimum absolute atomic E-state index is 0.0483. The summed E-state index contributed by atoms with van der Waals surface area (Å²) in [7, 11) is 1.62. The summed E-state index contributed by atoms with van der Waals surface area (Å²) in [5.74, 6) is 0.851. The van der Waals surface area contributed by atoms with Gasteiger partial charge in [0, 0.05) is 26.2 Å². The fourth-order valence-corrected chi connectivity index (χ4v) is 2.80.